The summed E-state index contributed by atoms with van der Waals surface area (Å²) < 4.78 is 29.6. The Labute approximate surface area is 175 Å². The molecule has 1 aliphatic heterocycles. The topological polar surface area (TPSA) is 101 Å². The van der Waals surface area contributed by atoms with Gasteiger partial charge in [0, 0.05) is 17.6 Å². The minimum Gasteiger partial charge on any atom is -0.376 e. The summed E-state index contributed by atoms with van der Waals surface area (Å²) in [5.41, 5.74) is 1.30. The van der Waals surface area contributed by atoms with Crippen LogP contribution in [0.4, 0.5) is 14.5 Å². The predicted molar refractivity (Wildman–Crippen MR) is 111 cm³/mol. The summed E-state index contributed by atoms with van der Waals surface area (Å²) in [7, 11) is 1.85. The lowest BCUT2D eigenvalue weighted by molar-refractivity contribution is 0.509. The maximum atomic E-state index is 14.3. The number of H-pyrrole nitrogens is 1. The van der Waals surface area contributed by atoms with Crippen molar-refractivity contribution in [1.29, 1.82) is 0 Å². The van der Waals surface area contributed by atoms with Gasteiger partial charge in [-0.25, -0.2) is 23.5 Å². The van der Waals surface area contributed by atoms with Crippen molar-refractivity contribution < 1.29 is 8.78 Å². The van der Waals surface area contributed by atoms with Gasteiger partial charge in [0.15, 0.2) is 0 Å². The van der Waals surface area contributed by atoms with E-state index in [1.807, 2.05) is 7.05 Å². The highest BCUT2D eigenvalue weighted by Crippen LogP contribution is 2.45. The molecule has 0 saturated carbocycles. The van der Waals surface area contributed by atoms with E-state index in [1.54, 1.807) is 16.8 Å². The molecule has 31 heavy (non-hydrogen) atoms. The molecule has 0 fully saturated rings. The zero-order chi connectivity index (χ0) is 21.5. The van der Waals surface area contributed by atoms with Crippen molar-refractivity contribution >= 4 is 16.5 Å². The summed E-state index contributed by atoms with van der Waals surface area (Å²) in [4.78, 5) is 16.9. The summed E-state index contributed by atoms with van der Waals surface area (Å²) >= 11 is 0. The molecule has 3 heterocycles. The van der Waals surface area contributed by atoms with E-state index in [-0.39, 0.29) is 11.2 Å². The van der Waals surface area contributed by atoms with Gasteiger partial charge in [0.05, 0.1) is 29.6 Å². The third kappa shape index (κ3) is 3.25. The molecule has 3 N–H and O–H groups in total. The molecule has 8 nitrogen and oxygen atoms in total. The van der Waals surface area contributed by atoms with Crippen LogP contribution < -0.4 is 16.2 Å². The Morgan fingerprint density at radius 2 is 1.97 bits per heavy atom. The van der Waals surface area contributed by atoms with Gasteiger partial charge in [0.25, 0.3) is 5.56 Å². The zero-order valence-electron chi connectivity index (χ0n) is 16.6. The normalized spacial score (nSPS) is 17.6. The van der Waals surface area contributed by atoms with Crippen LogP contribution in [-0.2, 0) is 6.54 Å². The Bertz CT molecular complexity index is 1320. The van der Waals surface area contributed by atoms with E-state index < -0.39 is 23.3 Å². The zero-order valence-corrected chi connectivity index (χ0v) is 16.6. The van der Waals surface area contributed by atoms with Gasteiger partial charge in [-0.2, -0.15) is 10.2 Å². The van der Waals surface area contributed by atoms with Crippen LogP contribution in [0.25, 0.3) is 10.8 Å². The van der Waals surface area contributed by atoms with Gasteiger partial charge in [0.1, 0.15) is 23.8 Å². The fraction of sp³-hybridized carbons (Fsp3) is 0.238. The summed E-state index contributed by atoms with van der Waals surface area (Å²) in [5.74, 6) is -0.717. The third-order valence-corrected chi connectivity index (χ3v) is 5.55. The van der Waals surface area contributed by atoms with Crippen molar-refractivity contribution in [2.45, 2.75) is 18.5 Å². The molecule has 0 saturated heterocycles. The van der Waals surface area contributed by atoms with Crippen molar-refractivity contribution in [2.24, 2.45) is 0 Å². The van der Waals surface area contributed by atoms with E-state index in [9.17, 15) is 13.6 Å². The molecule has 10 heteroatoms. The third-order valence-electron chi connectivity index (χ3n) is 5.55. The van der Waals surface area contributed by atoms with Crippen LogP contribution in [0, 0.1) is 11.6 Å². The maximum Gasteiger partial charge on any atom is 0.272 e. The highest BCUT2D eigenvalue weighted by molar-refractivity contribution is 5.97. The molecule has 0 spiro atoms. The Balaban J connectivity index is 1.76. The molecular formula is C21H19F2N7O. The highest BCUT2D eigenvalue weighted by atomic mass is 19.1. The second kappa shape index (κ2) is 7.55. The van der Waals surface area contributed by atoms with Crippen molar-refractivity contribution in [3.63, 3.8) is 0 Å². The Morgan fingerprint density at radius 3 is 2.74 bits per heavy atom. The molecule has 2 atom stereocenters. The number of aromatic nitrogens is 5. The molecule has 1 aliphatic rings. The molecule has 158 valence electrons. The first kappa shape index (κ1) is 19.3. The maximum absolute atomic E-state index is 14.3. The van der Waals surface area contributed by atoms with Crippen LogP contribution in [0.3, 0.4) is 0 Å². The smallest absolute Gasteiger partial charge is 0.272 e. The fourth-order valence-electron chi connectivity index (χ4n) is 4.16. The molecule has 2 aromatic heterocycles. The van der Waals surface area contributed by atoms with Crippen molar-refractivity contribution in [3.8, 4) is 0 Å². The quantitative estimate of drug-likeness (QED) is 0.456. The van der Waals surface area contributed by atoms with Gasteiger partial charge in [-0.1, -0.05) is 12.1 Å². The Hall–Kier alpha value is -3.66. The number of nitrogens with zero attached hydrogens (tertiary/aromatic N) is 4. The first-order chi connectivity index (χ1) is 15.1. The van der Waals surface area contributed by atoms with Gasteiger partial charge in [-0.05, 0) is 36.9 Å². The monoisotopic (exact) mass is 423 g/mol. The average molecular weight is 423 g/mol. The fourth-order valence-corrected chi connectivity index (χ4v) is 4.16. The predicted octanol–water partition coefficient (Wildman–Crippen LogP) is 2.31. The molecular weight excluding hydrogens is 404 g/mol. The second-order valence-electron chi connectivity index (χ2n) is 7.41. The first-order valence-electron chi connectivity index (χ1n) is 9.83. The molecule has 0 aliphatic carbocycles. The summed E-state index contributed by atoms with van der Waals surface area (Å²) in [6, 6.07) is 8.18. The number of anilines is 1. The van der Waals surface area contributed by atoms with Gasteiger partial charge in [-0.3, -0.25) is 4.79 Å². The Kier molecular flexibility index (Phi) is 4.70. The molecule has 0 unspecified atom stereocenters. The SMILES string of the molecule is CNCCn1ncnc1[C@@H]1c2n[nH]c(=O)c3cc(F)cc(c23)N[C@H]1c1ccc(F)cc1. The minimum atomic E-state index is -0.536. The largest absolute Gasteiger partial charge is 0.376 e. The average Bonchev–Trinajstić information content (AvgIpc) is 3.22. The number of halogens is 2. The van der Waals surface area contributed by atoms with Crippen LogP contribution in [0.2, 0.25) is 0 Å². The van der Waals surface area contributed by atoms with Crippen molar-refractivity contribution in [1.82, 2.24) is 30.3 Å². The Morgan fingerprint density at radius 1 is 1.16 bits per heavy atom. The van der Waals surface area contributed by atoms with Crippen LogP contribution in [0.5, 0.6) is 0 Å². The number of benzene rings is 2. The van der Waals surface area contributed by atoms with Gasteiger partial charge in [-0.15, -0.1) is 0 Å². The molecule has 2 aromatic carbocycles. The van der Waals surface area contributed by atoms with Crippen LogP contribution >= 0.6 is 0 Å². The van der Waals surface area contributed by atoms with Crippen LogP contribution in [-0.4, -0.2) is 38.6 Å². The number of nitrogens with one attached hydrogen (secondary N) is 3. The molecule has 4 aromatic rings. The van der Waals surface area contributed by atoms with E-state index in [0.29, 0.717) is 35.7 Å². The van der Waals surface area contributed by atoms with E-state index in [0.717, 1.165) is 5.56 Å². The summed E-state index contributed by atoms with van der Waals surface area (Å²) in [6.07, 6.45) is 1.47. The highest BCUT2D eigenvalue weighted by Gasteiger charge is 2.38. The van der Waals surface area contributed by atoms with E-state index in [2.05, 4.69) is 30.9 Å². The van der Waals surface area contributed by atoms with E-state index >= 15 is 0 Å². The van der Waals surface area contributed by atoms with Gasteiger partial charge >= 0.3 is 0 Å². The van der Waals surface area contributed by atoms with E-state index in [1.165, 1.54) is 30.6 Å². The molecule has 0 radical (unpaired) electrons. The lowest BCUT2D eigenvalue weighted by Gasteiger charge is -2.34. The van der Waals surface area contributed by atoms with Crippen LogP contribution in [0.1, 0.15) is 29.0 Å². The molecule has 0 amide bonds. The first-order valence-corrected chi connectivity index (χ1v) is 9.83. The number of hydrogen-bond acceptors (Lipinski definition) is 6. The van der Waals surface area contributed by atoms with Gasteiger partial charge < -0.3 is 10.6 Å². The summed E-state index contributed by atoms with van der Waals surface area (Å²) in [6.45, 7) is 1.25. The van der Waals surface area contributed by atoms with Gasteiger partial charge in [0.2, 0.25) is 0 Å². The lowest BCUT2D eigenvalue weighted by Crippen LogP contribution is -2.31. The number of aromatic amines is 1. The molecule has 5 rings (SSSR count). The standard InChI is InChI=1S/C21H19F2N7O/c1-24-6-7-30-20(25-10-26-30)17-18(11-2-4-12(22)5-3-11)27-15-9-13(23)8-14-16(15)19(17)28-29-21(14)31/h2-5,8-10,17-18,24,27H,6-7H2,1H3,(H,29,31)/t17-,18-/m0/s1. The number of rotatable bonds is 5. The van der Waals surface area contributed by atoms with Crippen LogP contribution in [0.15, 0.2) is 47.5 Å². The number of hydrogen-bond donors (Lipinski definition) is 3. The summed E-state index contributed by atoms with van der Waals surface area (Å²) in [5, 5.41) is 18.3. The number of likely N-dealkylation sites (N-methyl/N-ethyl adjacent to an activating group) is 1. The van der Waals surface area contributed by atoms with E-state index in [4.69, 9.17) is 0 Å². The minimum absolute atomic E-state index is 0.205. The lowest BCUT2D eigenvalue weighted by atomic mass is 9.83. The van der Waals surface area contributed by atoms with Crippen molar-refractivity contribution in [3.05, 3.63) is 81.8 Å². The molecule has 0 bridgehead atoms. The second-order valence-corrected chi connectivity index (χ2v) is 7.41. The van der Waals surface area contributed by atoms with Crippen molar-refractivity contribution in [2.75, 3.05) is 18.9 Å².